The lowest BCUT2D eigenvalue weighted by atomic mass is 10.2. The van der Waals surface area contributed by atoms with Crippen molar-refractivity contribution in [3.05, 3.63) is 51.8 Å². The van der Waals surface area contributed by atoms with E-state index < -0.39 is 0 Å². The number of fused-ring (bicyclic) bond motifs is 1. The van der Waals surface area contributed by atoms with Crippen molar-refractivity contribution >= 4 is 33.5 Å². The van der Waals surface area contributed by atoms with Crippen LogP contribution in [0.2, 0.25) is 0 Å². The molecule has 0 aliphatic heterocycles. The second-order valence-corrected chi connectivity index (χ2v) is 6.43. The quantitative estimate of drug-likeness (QED) is 0.675. The molecule has 0 fully saturated rings. The summed E-state index contributed by atoms with van der Waals surface area (Å²) in [6.45, 7) is 4.02. The van der Waals surface area contributed by atoms with Gasteiger partial charge in [0.25, 0.3) is 5.78 Å². The SMILES string of the molecule is Cc1cc(C)n2c(SCc3cccc(Br)c3)nnc2n1. The minimum atomic E-state index is 0.666. The summed E-state index contributed by atoms with van der Waals surface area (Å²) in [6, 6.07) is 10.3. The molecular weight excluding hydrogens is 336 g/mol. The van der Waals surface area contributed by atoms with Crippen LogP contribution in [-0.2, 0) is 5.75 Å². The van der Waals surface area contributed by atoms with Crippen LogP contribution < -0.4 is 0 Å². The van der Waals surface area contributed by atoms with Gasteiger partial charge < -0.3 is 0 Å². The predicted molar refractivity (Wildman–Crippen MR) is 84.0 cm³/mol. The van der Waals surface area contributed by atoms with Crippen molar-refractivity contribution < 1.29 is 0 Å². The topological polar surface area (TPSA) is 43.1 Å². The van der Waals surface area contributed by atoms with E-state index in [0.29, 0.717) is 5.78 Å². The van der Waals surface area contributed by atoms with Crippen LogP contribution in [0.4, 0.5) is 0 Å². The van der Waals surface area contributed by atoms with Gasteiger partial charge in [-0.1, -0.05) is 39.8 Å². The van der Waals surface area contributed by atoms with Gasteiger partial charge >= 0.3 is 0 Å². The third-order valence-electron chi connectivity index (χ3n) is 2.92. The fraction of sp³-hybridized carbons (Fsp3) is 0.214. The van der Waals surface area contributed by atoms with E-state index in [9.17, 15) is 0 Å². The number of hydrogen-bond donors (Lipinski definition) is 0. The van der Waals surface area contributed by atoms with Crippen LogP contribution in [0.15, 0.2) is 40.0 Å². The van der Waals surface area contributed by atoms with Crippen LogP contribution >= 0.6 is 27.7 Å². The summed E-state index contributed by atoms with van der Waals surface area (Å²) in [7, 11) is 0. The normalized spacial score (nSPS) is 11.2. The zero-order valence-corrected chi connectivity index (χ0v) is 13.6. The molecule has 0 radical (unpaired) electrons. The molecule has 1 aromatic carbocycles. The number of halogens is 1. The molecule has 2 heterocycles. The predicted octanol–water partition coefficient (Wildman–Crippen LogP) is 3.80. The van der Waals surface area contributed by atoms with Gasteiger partial charge in [0.05, 0.1) is 0 Å². The zero-order chi connectivity index (χ0) is 14.1. The number of aryl methyl sites for hydroxylation is 2. The highest BCUT2D eigenvalue weighted by molar-refractivity contribution is 9.10. The maximum absolute atomic E-state index is 4.39. The van der Waals surface area contributed by atoms with Gasteiger partial charge in [0, 0.05) is 21.6 Å². The highest BCUT2D eigenvalue weighted by atomic mass is 79.9. The highest BCUT2D eigenvalue weighted by Crippen LogP contribution is 2.24. The summed E-state index contributed by atoms with van der Waals surface area (Å²) in [5, 5.41) is 9.26. The van der Waals surface area contributed by atoms with Gasteiger partial charge in [0.2, 0.25) is 0 Å². The Kier molecular flexibility index (Phi) is 3.76. The van der Waals surface area contributed by atoms with Crippen LogP contribution in [0, 0.1) is 13.8 Å². The van der Waals surface area contributed by atoms with Crippen molar-refractivity contribution in [3.63, 3.8) is 0 Å². The third-order valence-corrected chi connectivity index (χ3v) is 4.41. The molecule has 20 heavy (non-hydrogen) atoms. The van der Waals surface area contributed by atoms with Gasteiger partial charge in [-0.05, 0) is 37.6 Å². The molecular formula is C14H13BrN4S. The van der Waals surface area contributed by atoms with Crippen LogP contribution in [0.3, 0.4) is 0 Å². The Bertz CT molecular complexity index is 769. The molecule has 3 aromatic rings. The molecule has 2 aromatic heterocycles. The van der Waals surface area contributed by atoms with E-state index in [1.165, 1.54) is 5.56 Å². The lowest BCUT2D eigenvalue weighted by Gasteiger charge is -2.04. The maximum Gasteiger partial charge on any atom is 0.256 e. The number of nitrogens with zero attached hydrogens (tertiary/aromatic N) is 4. The van der Waals surface area contributed by atoms with Crippen molar-refractivity contribution in [1.29, 1.82) is 0 Å². The molecule has 0 saturated heterocycles. The molecule has 0 bridgehead atoms. The Hall–Kier alpha value is -1.40. The van der Waals surface area contributed by atoms with Crippen molar-refractivity contribution in [2.24, 2.45) is 0 Å². The number of rotatable bonds is 3. The van der Waals surface area contributed by atoms with E-state index in [4.69, 9.17) is 0 Å². The Morgan fingerprint density at radius 3 is 2.85 bits per heavy atom. The van der Waals surface area contributed by atoms with E-state index in [1.54, 1.807) is 11.8 Å². The first-order chi connectivity index (χ1) is 9.63. The fourth-order valence-corrected chi connectivity index (χ4v) is 3.44. The molecule has 0 N–H and O–H groups in total. The largest absolute Gasteiger partial charge is 0.259 e. The summed E-state index contributed by atoms with van der Waals surface area (Å²) in [6.07, 6.45) is 0. The zero-order valence-electron chi connectivity index (χ0n) is 11.2. The minimum Gasteiger partial charge on any atom is -0.259 e. The van der Waals surface area contributed by atoms with E-state index >= 15 is 0 Å². The standard InChI is InChI=1S/C14H13BrN4S/c1-9-6-10(2)19-13(16-9)17-18-14(19)20-8-11-4-3-5-12(15)7-11/h3-7H,8H2,1-2H3. The summed E-state index contributed by atoms with van der Waals surface area (Å²) in [5.74, 6) is 1.52. The van der Waals surface area contributed by atoms with Crippen LogP contribution in [0.25, 0.3) is 5.78 Å². The fourth-order valence-electron chi connectivity index (χ4n) is 2.07. The number of thioether (sulfide) groups is 1. The highest BCUT2D eigenvalue weighted by Gasteiger charge is 2.10. The molecule has 4 nitrogen and oxygen atoms in total. The van der Waals surface area contributed by atoms with Crippen molar-refractivity contribution in [2.45, 2.75) is 24.8 Å². The summed E-state index contributed by atoms with van der Waals surface area (Å²) in [5.41, 5.74) is 3.32. The smallest absolute Gasteiger partial charge is 0.256 e. The van der Waals surface area contributed by atoms with Gasteiger partial charge in [0.1, 0.15) is 0 Å². The van der Waals surface area contributed by atoms with Gasteiger partial charge in [-0.2, -0.15) is 0 Å². The molecule has 0 aliphatic rings. The molecule has 0 unspecified atom stereocenters. The second kappa shape index (κ2) is 5.54. The number of hydrogen-bond acceptors (Lipinski definition) is 4. The Balaban J connectivity index is 1.88. The first-order valence-corrected chi connectivity index (χ1v) is 7.98. The first-order valence-electron chi connectivity index (χ1n) is 6.20. The Labute approximate surface area is 129 Å². The molecule has 0 amide bonds. The Morgan fingerprint density at radius 1 is 1.20 bits per heavy atom. The van der Waals surface area contributed by atoms with Crippen LogP contribution in [0.1, 0.15) is 17.0 Å². The van der Waals surface area contributed by atoms with Gasteiger partial charge in [-0.25, -0.2) is 4.98 Å². The molecule has 102 valence electrons. The number of benzene rings is 1. The first kappa shape index (κ1) is 13.6. The van der Waals surface area contributed by atoms with Crippen LogP contribution in [0.5, 0.6) is 0 Å². The summed E-state index contributed by atoms with van der Waals surface area (Å²) in [4.78, 5) is 4.39. The minimum absolute atomic E-state index is 0.666. The average Bonchev–Trinajstić information content (AvgIpc) is 2.79. The van der Waals surface area contributed by atoms with E-state index in [2.05, 4.69) is 43.2 Å². The third kappa shape index (κ3) is 2.71. The van der Waals surface area contributed by atoms with Crippen molar-refractivity contribution in [3.8, 4) is 0 Å². The van der Waals surface area contributed by atoms with E-state index in [0.717, 1.165) is 26.8 Å². The van der Waals surface area contributed by atoms with Gasteiger partial charge in [0.15, 0.2) is 5.16 Å². The lowest BCUT2D eigenvalue weighted by molar-refractivity contribution is 0.886. The molecule has 0 saturated carbocycles. The lowest BCUT2D eigenvalue weighted by Crippen LogP contribution is -1.97. The molecule has 0 aliphatic carbocycles. The average molecular weight is 349 g/mol. The molecule has 3 rings (SSSR count). The summed E-state index contributed by atoms with van der Waals surface area (Å²) >= 11 is 5.15. The Morgan fingerprint density at radius 2 is 2.05 bits per heavy atom. The summed E-state index contributed by atoms with van der Waals surface area (Å²) < 4.78 is 3.09. The van der Waals surface area contributed by atoms with Gasteiger partial charge in [-0.15, -0.1) is 10.2 Å². The number of aromatic nitrogens is 4. The maximum atomic E-state index is 4.39. The molecule has 6 heteroatoms. The van der Waals surface area contributed by atoms with Crippen molar-refractivity contribution in [1.82, 2.24) is 19.6 Å². The van der Waals surface area contributed by atoms with Crippen LogP contribution in [-0.4, -0.2) is 19.6 Å². The molecule has 0 atom stereocenters. The monoisotopic (exact) mass is 348 g/mol. The van der Waals surface area contributed by atoms with Crippen molar-refractivity contribution in [2.75, 3.05) is 0 Å². The van der Waals surface area contributed by atoms with Gasteiger partial charge in [-0.3, -0.25) is 4.40 Å². The second-order valence-electron chi connectivity index (χ2n) is 4.58. The van der Waals surface area contributed by atoms with E-state index in [-0.39, 0.29) is 0 Å². The molecule has 0 spiro atoms. The van der Waals surface area contributed by atoms with E-state index in [1.807, 2.05) is 36.4 Å².